The highest BCUT2D eigenvalue weighted by molar-refractivity contribution is 8.25. The maximum absolute atomic E-state index is 13.9. The van der Waals surface area contributed by atoms with Crippen molar-refractivity contribution in [1.29, 1.82) is 0 Å². The first-order valence-electron chi connectivity index (χ1n) is 14.8. The van der Waals surface area contributed by atoms with Crippen LogP contribution >= 0.6 is 10.8 Å². The molecule has 1 amide bonds. The Morgan fingerprint density at radius 2 is 1.81 bits per heavy atom. The smallest absolute Gasteiger partial charge is 0.251 e. The van der Waals surface area contributed by atoms with E-state index in [1.165, 1.54) is 0 Å². The molecule has 3 aromatic carbocycles. The lowest BCUT2D eigenvalue weighted by Gasteiger charge is -2.47. The van der Waals surface area contributed by atoms with Crippen LogP contribution in [0.25, 0.3) is 10.9 Å². The fraction of sp³-hybridized carbons (Fsp3) is 0.364. The second-order valence-corrected chi connectivity index (χ2v) is 13.1. The van der Waals surface area contributed by atoms with Gasteiger partial charge >= 0.3 is 0 Å². The molecule has 1 aliphatic heterocycles. The Kier molecular flexibility index (Phi) is 9.94. The number of methoxy groups -OCH3 is 1. The number of hydrogen-bond donors (Lipinski definition) is 5. The quantitative estimate of drug-likeness (QED) is 0.146. The largest absolute Gasteiger partial charge is 0.497 e. The number of aryl methyl sites for hydroxylation is 1. The van der Waals surface area contributed by atoms with E-state index in [-0.39, 0.29) is 12.5 Å². The van der Waals surface area contributed by atoms with Crippen LogP contribution in [0.1, 0.15) is 41.3 Å². The maximum Gasteiger partial charge on any atom is 0.251 e. The zero-order valence-electron chi connectivity index (χ0n) is 24.8. The number of carbonyl (C=O) groups is 1. The van der Waals surface area contributed by atoms with Gasteiger partial charge in [0.05, 0.1) is 36.2 Å². The lowest BCUT2D eigenvalue weighted by atomic mass is 10.00. The highest BCUT2D eigenvalue weighted by Gasteiger charge is 2.30. The number of nitrogens with one attached hydrogen (secondary N) is 2. The van der Waals surface area contributed by atoms with Gasteiger partial charge in [-0.15, -0.1) is 10.8 Å². The molecule has 0 aliphatic carbocycles. The van der Waals surface area contributed by atoms with E-state index in [2.05, 4.69) is 10.6 Å². The normalized spacial score (nSPS) is 16.9. The first-order valence-corrected chi connectivity index (χ1v) is 16.5. The molecule has 0 saturated carbocycles. The predicted molar refractivity (Wildman–Crippen MR) is 174 cm³/mol. The minimum atomic E-state index is -2.99. The number of hydrogen-bond acceptors (Lipinski definition) is 7. The Morgan fingerprint density at radius 1 is 1.02 bits per heavy atom. The number of rotatable bonds is 12. The fourth-order valence-electron chi connectivity index (χ4n) is 5.67. The molecule has 2 atom stereocenters. The number of aromatic nitrogens is 1. The van der Waals surface area contributed by atoms with Crippen LogP contribution in [0.3, 0.4) is 0 Å². The lowest BCUT2D eigenvalue weighted by Crippen LogP contribution is -2.48. The molecule has 5 rings (SSSR count). The topological polar surface area (TPSA) is 119 Å². The van der Waals surface area contributed by atoms with Crippen LogP contribution in [0.5, 0.6) is 5.75 Å². The molecule has 0 unspecified atom stereocenters. The minimum Gasteiger partial charge on any atom is -0.497 e. The SMILES string of the molecule is CCn1ccc2c(N3CCCCS3(O)O)cc(C(=O)N[C@@H](Cc3ccccc3)[C@@H](O)CNCc3cccc(OC)c3)cc21. The predicted octanol–water partition coefficient (Wildman–Crippen LogP) is 5.43. The molecule has 9 nitrogen and oxygen atoms in total. The van der Waals surface area contributed by atoms with Crippen molar-refractivity contribution in [3.05, 3.63) is 95.7 Å². The number of amides is 1. The zero-order chi connectivity index (χ0) is 30.4. The number of ether oxygens (including phenoxy) is 1. The summed E-state index contributed by atoms with van der Waals surface area (Å²) in [4.78, 5) is 13.9. The van der Waals surface area contributed by atoms with Crippen molar-refractivity contribution in [2.75, 3.05) is 30.3 Å². The van der Waals surface area contributed by atoms with Crippen molar-refractivity contribution in [2.24, 2.45) is 0 Å². The van der Waals surface area contributed by atoms with Gasteiger partial charge in [0, 0.05) is 43.3 Å². The third-order valence-corrected chi connectivity index (χ3v) is 9.94. The number of fused-ring (bicyclic) bond motifs is 1. The van der Waals surface area contributed by atoms with Gasteiger partial charge in [-0.3, -0.25) is 18.2 Å². The molecule has 10 heteroatoms. The second-order valence-electron chi connectivity index (χ2n) is 11.0. The Labute approximate surface area is 255 Å². The standard InChI is InChI=1S/C33H42N4O5S/c1-3-36-16-14-28-30(36)20-26(21-31(28)37-15-7-8-17-43(37,40)41)33(39)35-29(19-24-10-5-4-6-11-24)32(38)23-34-22-25-12-9-13-27(18-25)42-2/h4-6,9-14,16,18,20-21,29,32,34,38,40-41H,3,7-8,15,17,19,22-23H2,1-2H3,(H,35,39)/t29-,32-/m0/s1. The molecule has 230 valence electrons. The van der Waals surface area contributed by atoms with E-state index in [1.807, 2.05) is 84.4 Å². The zero-order valence-corrected chi connectivity index (χ0v) is 25.6. The van der Waals surface area contributed by atoms with Crippen LogP contribution in [0, 0.1) is 0 Å². The van der Waals surface area contributed by atoms with Crippen LogP contribution < -0.4 is 19.7 Å². The van der Waals surface area contributed by atoms with E-state index in [0.29, 0.717) is 43.1 Å². The monoisotopic (exact) mass is 606 g/mol. The van der Waals surface area contributed by atoms with Crippen LogP contribution in [0.15, 0.2) is 79.0 Å². The van der Waals surface area contributed by atoms with E-state index >= 15 is 0 Å². The Morgan fingerprint density at radius 3 is 2.56 bits per heavy atom. The average molecular weight is 607 g/mol. The van der Waals surface area contributed by atoms with Gasteiger partial charge in [0.15, 0.2) is 0 Å². The first-order chi connectivity index (χ1) is 20.8. The third kappa shape index (κ3) is 7.34. The van der Waals surface area contributed by atoms with Crippen molar-refractivity contribution < 1.29 is 23.7 Å². The van der Waals surface area contributed by atoms with E-state index in [0.717, 1.165) is 40.6 Å². The van der Waals surface area contributed by atoms with Crippen molar-refractivity contribution in [2.45, 2.75) is 51.4 Å². The van der Waals surface area contributed by atoms with Gasteiger partial charge in [0.1, 0.15) is 5.75 Å². The van der Waals surface area contributed by atoms with Crippen molar-refractivity contribution in [1.82, 2.24) is 15.2 Å². The second kappa shape index (κ2) is 13.8. The summed E-state index contributed by atoms with van der Waals surface area (Å²) in [5.41, 5.74) is 3.93. The van der Waals surface area contributed by atoms with Crippen LogP contribution in [0.2, 0.25) is 0 Å². The average Bonchev–Trinajstić information content (AvgIpc) is 3.44. The molecule has 0 spiro atoms. The van der Waals surface area contributed by atoms with Gasteiger partial charge in [-0.25, -0.2) is 0 Å². The van der Waals surface area contributed by atoms with Gasteiger partial charge in [-0.2, -0.15) is 0 Å². The molecule has 4 aromatic rings. The summed E-state index contributed by atoms with van der Waals surface area (Å²) >= 11 is 0. The van der Waals surface area contributed by atoms with Gasteiger partial charge in [-0.1, -0.05) is 42.5 Å². The molecule has 1 fully saturated rings. The summed E-state index contributed by atoms with van der Waals surface area (Å²) in [5.74, 6) is 0.756. The molecule has 0 radical (unpaired) electrons. The molecule has 0 bridgehead atoms. The highest BCUT2D eigenvalue weighted by atomic mass is 32.3. The number of carbonyl (C=O) groups excluding carboxylic acids is 1. The summed E-state index contributed by atoms with van der Waals surface area (Å²) in [5, 5.41) is 18.6. The minimum absolute atomic E-state index is 0.270. The number of nitrogens with zero attached hydrogens (tertiary/aromatic N) is 2. The van der Waals surface area contributed by atoms with E-state index in [1.54, 1.807) is 17.5 Å². The van der Waals surface area contributed by atoms with Crippen molar-refractivity contribution in [3.8, 4) is 5.75 Å². The van der Waals surface area contributed by atoms with Crippen LogP contribution in [-0.4, -0.2) is 62.8 Å². The summed E-state index contributed by atoms with van der Waals surface area (Å²) in [6.07, 6.45) is 3.13. The van der Waals surface area contributed by atoms with E-state index < -0.39 is 22.9 Å². The van der Waals surface area contributed by atoms with Gasteiger partial charge in [-0.05, 0) is 67.6 Å². The molecule has 1 aromatic heterocycles. The Balaban J connectivity index is 1.39. The summed E-state index contributed by atoms with van der Waals surface area (Å²) < 4.78 is 30.9. The molecule has 2 heterocycles. The number of aliphatic hydroxyl groups is 1. The maximum atomic E-state index is 13.9. The molecular formula is C33H42N4O5S. The van der Waals surface area contributed by atoms with Crippen LogP contribution in [-0.2, 0) is 19.5 Å². The summed E-state index contributed by atoms with van der Waals surface area (Å²) in [6.45, 7) is 4.06. The lowest BCUT2D eigenvalue weighted by molar-refractivity contribution is 0.0830. The fourth-order valence-corrected chi connectivity index (χ4v) is 7.37. The summed E-state index contributed by atoms with van der Waals surface area (Å²) in [6, 6.07) is 22.5. The van der Waals surface area contributed by atoms with Gasteiger partial charge in [0.25, 0.3) is 5.91 Å². The van der Waals surface area contributed by atoms with Crippen molar-refractivity contribution >= 4 is 33.3 Å². The summed E-state index contributed by atoms with van der Waals surface area (Å²) in [7, 11) is -1.36. The Hall–Kier alpha value is -3.54. The highest BCUT2D eigenvalue weighted by Crippen LogP contribution is 2.51. The van der Waals surface area contributed by atoms with Crippen LogP contribution in [0.4, 0.5) is 5.69 Å². The van der Waals surface area contributed by atoms with E-state index in [4.69, 9.17) is 4.74 Å². The first kappa shape index (κ1) is 30.9. The molecule has 1 saturated heterocycles. The Bertz CT molecular complexity index is 1530. The number of anilines is 1. The number of aliphatic hydroxyl groups excluding tert-OH is 1. The van der Waals surface area contributed by atoms with Gasteiger partial charge in [0.2, 0.25) is 0 Å². The molecule has 1 aliphatic rings. The van der Waals surface area contributed by atoms with E-state index in [9.17, 15) is 19.0 Å². The third-order valence-electron chi connectivity index (χ3n) is 8.02. The number of benzene rings is 3. The molecule has 43 heavy (non-hydrogen) atoms. The van der Waals surface area contributed by atoms with Crippen molar-refractivity contribution in [3.63, 3.8) is 0 Å². The van der Waals surface area contributed by atoms with Gasteiger partial charge < -0.3 is 25.0 Å². The molecular weight excluding hydrogens is 564 g/mol. The molecule has 5 N–H and O–H groups in total.